The third-order valence-corrected chi connectivity index (χ3v) is 5.01. The molecule has 1 aliphatic heterocycles. The lowest BCUT2D eigenvalue weighted by Crippen LogP contribution is -2.28. The molecule has 1 aromatic rings. The molecule has 0 aromatic heterocycles. The fraction of sp³-hybridized carbons (Fsp3) is 0.667. The first kappa shape index (κ1) is 16.8. The van der Waals surface area contributed by atoms with Gasteiger partial charge in [-0.25, -0.2) is 0 Å². The zero-order chi connectivity index (χ0) is 15.2. The zero-order valence-electron chi connectivity index (χ0n) is 13.7. The summed E-state index contributed by atoms with van der Waals surface area (Å²) in [7, 11) is 0. The average Bonchev–Trinajstić information content (AvgIpc) is 2.69. The van der Waals surface area contributed by atoms with Crippen LogP contribution in [0.15, 0.2) is 22.7 Å². The fourth-order valence-electron chi connectivity index (χ4n) is 3.13. The number of hydrogen-bond donors (Lipinski definition) is 1. The number of anilines is 1. The van der Waals surface area contributed by atoms with Crippen LogP contribution < -0.4 is 10.2 Å². The van der Waals surface area contributed by atoms with Crippen LogP contribution >= 0.6 is 15.9 Å². The average molecular weight is 353 g/mol. The minimum Gasteiger partial charge on any atom is -0.371 e. The number of benzene rings is 1. The highest BCUT2D eigenvalue weighted by Crippen LogP contribution is 2.31. The molecule has 1 aliphatic rings. The highest BCUT2D eigenvalue weighted by molar-refractivity contribution is 9.10. The van der Waals surface area contributed by atoms with Crippen LogP contribution in [-0.4, -0.2) is 19.6 Å². The molecule has 2 nitrogen and oxygen atoms in total. The Bertz CT molecular complexity index is 447. The van der Waals surface area contributed by atoms with Crippen LogP contribution in [0.2, 0.25) is 0 Å². The maximum atomic E-state index is 3.64. The van der Waals surface area contributed by atoms with Gasteiger partial charge in [0.1, 0.15) is 0 Å². The number of halogens is 1. The summed E-state index contributed by atoms with van der Waals surface area (Å²) in [6.07, 6.45) is 5.17. The quantitative estimate of drug-likeness (QED) is 0.789. The summed E-state index contributed by atoms with van der Waals surface area (Å²) >= 11 is 3.64. The third-order valence-electron chi connectivity index (χ3n) is 4.51. The van der Waals surface area contributed by atoms with Crippen molar-refractivity contribution >= 4 is 21.6 Å². The van der Waals surface area contributed by atoms with Crippen LogP contribution in [0, 0.1) is 5.92 Å². The molecule has 2 rings (SSSR count). The van der Waals surface area contributed by atoms with Crippen LogP contribution in [0.4, 0.5) is 5.69 Å². The molecule has 0 spiro atoms. The first-order valence-corrected chi connectivity index (χ1v) is 9.19. The van der Waals surface area contributed by atoms with Crippen molar-refractivity contribution in [3.05, 3.63) is 28.2 Å². The molecule has 1 saturated heterocycles. The number of hydrogen-bond acceptors (Lipinski definition) is 2. The van der Waals surface area contributed by atoms with Gasteiger partial charge in [-0.05, 0) is 68.8 Å². The Morgan fingerprint density at radius 3 is 2.90 bits per heavy atom. The van der Waals surface area contributed by atoms with E-state index in [1.165, 1.54) is 54.5 Å². The van der Waals surface area contributed by atoms with Crippen molar-refractivity contribution in [2.24, 2.45) is 5.92 Å². The first-order chi connectivity index (χ1) is 10.1. The molecule has 0 saturated carbocycles. The molecule has 2 unspecified atom stereocenters. The van der Waals surface area contributed by atoms with Crippen LogP contribution in [0.25, 0.3) is 0 Å². The molecule has 1 heterocycles. The summed E-state index contributed by atoms with van der Waals surface area (Å²) < 4.78 is 1.18. The zero-order valence-corrected chi connectivity index (χ0v) is 15.2. The fourth-order valence-corrected chi connectivity index (χ4v) is 3.51. The van der Waals surface area contributed by atoms with E-state index in [1.807, 2.05) is 0 Å². The second kappa shape index (κ2) is 8.19. The maximum Gasteiger partial charge on any atom is 0.0415 e. The van der Waals surface area contributed by atoms with Gasteiger partial charge in [0.15, 0.2) is 0 Å². The Kier molecular flexibility index (Phi) is 6.56. The van der Waals surface area contributed by atoms with Crippen molar-refractivity contribution in [2.45, 2.75) is 52.5 Å². The van der Waals surface area contributed by atoms with Gasteiger partial charge in [-0.3, -0.25) is 0 Å². The number of rotatable bonds is 5. The molecule has 1 N–H and O–H groups in total. The van der Waals surface area contributed by atoms with E-state index in [9.17, 15) is 0 Å². The van der Waals surface area contributed by atoms with Crippen molar-refractivity contribution in [1.82, 2.24) is 5.32 Å². The van der Waals surface area contributed by atoms with E-state index < -0.39 is 0 Å². The van der Waals surface area contributed by atoms with Gasteiger partial charge in [-0.15, -0.1) is 0 Å². The summed E-state index contributed by atoms with van der Waals surface area (Å²) in [6, 6.07) is 7.16. The number of nitrogens with zero attached hydrogens (tertiary/aromatic N) is 1. The Hall–Kier alpha value is -0.540. The maximum absolute atomic E-state index is 3.64. The predicted octanol–water partition coefficient (Wildman–Crippen LogP) is 5.14. The summed E-state index contributed by atoms with van der Waals surface area (Å²) in [5.41, 5.74) is 2.84. The van der Waals surface area contributed by atoms with E-state index in [-0.39, 0.29) is 0 Å². The van der Waals surface area contributed by atoms with Gasteiger partial charge in [0.05, 0.1) is 0 Å². The molecule has 118 valence electrons. The molecule has 1 fully saturated rings. The van der Waals surface area contributed by atoms with Crippen molar-refractivity contribution < 1.29 is 0 Å². The predicted molar refractivity (Wildman–Crippen MR) is 96.1 cm³/mol. The van der Waals surface area contributed by atoms with Gasteiger partial charge in [0.25, 0.3) is 0 Å². The van der Waals surface area contributed by atoms with Crippen LogP contribution in [-0.2, 0) is 0 Å². The van der Waals surface area contributed by atoms with E-state index in [1.54, 1.807) is 0 Å². The van der Waals surface area contributed by atoms with Gasteiger partial charge < -0.3 is 10.2 Å². The van der Waals surface area contributed by atoms with Crippen molar-refractivity contribution in [3.8, 4) is 0 Å². The smallest absolute Gasteiger partial charge is 0.0415 e. The third kappa shape index (κ3) is 4.72. The first-order valence-electron chi connectivity index (χ1n) is 8.39. The highest BCUT2D eigenvalue weighted by atomic mass is 79.9. The second-order valence-corrected chi connectivity index (χ2v) is 7.32. The lowest BCUT2D eigenvalue weighted by Gasteiger charge is -2.28. The normalized spacial score (nSPS) is 21.1. The molecule has 0 bridgehead atoms. The second-order valence-electron chi connectivity index (χ2n) is 6.40. The Morgan fingerprint density at radius 2 is 2.14 bits per heavy atom. The molecular formula is C18H29BrN2. The standard InChI is InChI=1S/C18H29BrN2/c1-4-10-20-15(3)17-13-16(19)7-8-18(17)21-11-5-6-14(2)9-12-21/h7-8,13-15,20H,4-6,9-12H2,1-3H3. The Morgan fingerprint density at radius 1 is 1.33 bits per heavy atom. The monoisotopic (exact) mass is 352 g/mol. The molecule has 0 amide bonds. The van der Waals surface area contributed by atoms with Gasteiger partial charge in [0, 0.05) is 29.3 Å². The van der Waals surface area contributed by atoms with Gasteiger partial charge in [0.2, 0.25) is 0 Å². The number of nitrogens with one attached hydrogen (secondary N) is 1. The SMILES string of the molecule is CCCNC(C)c1cc(Br)ccc1N1CCCC(C)CC1. The van der Waals surface area contributed by atoms with Gasteiger partial charge in [-0.1, -0.05) is 29.8 Å². The van der Waals surface area contributed by atoms with Gasteiger partial charge >= 0.3 is 0 Å². The molecule has 2 atom stereocenters. The molecule has 1 aromatic carbocycles. The van der Waals surface area contributed by atoms with Crippen LogP contribution in [0.1, 0.15) is 58.1 Å². The minimum atomic E-state index is 0.401. The molecular weight excluding hydrogens is 324 g/mol. The van der Waals surface area contributed by atoms with Crippen molar-refractivity contribution in [3.63, 3.8) is 0 Å². The van der Waals surface area contributed by atoms with E-state index in [4.69, 9.17) is 0 Å². The van der Waals surface area contributed by atoms with E-state index >= 15 is 0 Å². The molecule has 21 heavy (non-hydrogen) atoms. The molecule has 3 heteroatoms. The molecule has 0 aliphatic carbocycles. The highest BCUT2D eigenvalue weighted by Gasteiger charge is 2.19. The summed E-state index contributed by atoms with van der Waals surface area (Å²) in [5.74, 6) is 0.865. The summed E-state index contributed by atoms with van der Waals surface area (Å²) in [6.45, 7) is 10.3. The van der Waals surface area contributed by atoms with E-state index in [0.29, 0.717) is 6.04 Å². The minimum absolute atomic E-state index is 0.401. The summed E-state index contributed by atoms with van der Waals surface area (Å²) in [5, 5.41) is 3.63. The summed E-state index contributed by atoms with van der Waals surface area (Å²) in [4.78, 5) is 2.59. The van der Waals surface area contributed by atoms with Crippen molar-refractivity contribution in [1.29, 1.82) is 0 Å². The lowest BCUT2D eigenvalue weighted by molar-refractivity contribution is 0.521. The largest absolute Gasteiger partial charge is 0.371 e. The Labute approximate surface area is 138 Å². The molecule has 0 radical (unpaired) electrons. The van der Waals surface area contributed by atoms with Crippen LogP contribution in [0.3, 0.4) is 0 Å². The topological polar surface area (TPSA) is 15.3 Å². The van der Waals surface area contributed by atoms with E-state index in [0.717, 1.165) is 12.5 Å². The van der Waals surface area contributed by atoms with Crippen LogP contribution in [0.5, 0.6) is 0 Å². The van der Waals surface area contributed by atoms with Crippen molar-refractivity contribution in [2.75, 3.05) is 24.5 Å². The lowest BCUT2D eigenvalue weighted by atomic mass is 10.0. The van der Waals surface area contributed by atoms with E-state index in [2.05, 4.69) is 65.1 Å². The Balaban J connectivity index is 2.21. The van der Waals surface area contributed by atoms with Gasteiger partial charge in [-0.2, -0.15) is 0 Å².